The number of ether oxygens (including phenoxy) is 2. The molecule has 1 N–H and O–H groups in total. The summed E-state index contributed by atoms with van der Waals surface area (Å²) in [4.78, 5) is 19.2. The van der Waals surface area contributed by atoms with Crippen LogP contribution >= 0.6 is 0 Å². The van der Waals surface area contributed by atoms with E-state index in [1.807, 2.05) is 24.3 Å². The standard InChI is InChI=1S/C21H27N3O3/c1-15-9-11-24(12-10-15)20-8-7-17(14-22-20)23-21(25)16(2)27-19-6-4-5-18(13-19)26-3/h4-8,13-16H,9-12H2,1-3H3,(H,23,25). The predicted molar refractivity (Wildman–Crippen MR) is 107 cm³/mol. The Morgan fingerprint density at radius 1 is 1.22 bits per heavy atom. The average molecular weight is 369 g/mol. The maximum absolute atomic E-state index is 12.4. The summed E-state index contributed by atoms with van der Waals surface area (Å²) in [7, 11) is 1.59. The number of anilines is 2. The predicted octanol–water partition coefficient (Wildman–Crippen LogP) is 3.73. The summed E-state index contributed by atoms with van der Waals surface area (Å²) < 4.78 is 10.9. The van der Waals surface area contributed by atoms with Gasteiger partial charge in [0.2, 0.25) is 0 Å². The van der Waals surface area contributed by atoms with E-state index in [9.17, 15) is 4.79 Å². The van der Waals surface area contributed by atoms with Crippen molar-refractivity contribution in [2.24, 2.45) is 5.92 Å². The second-order valence-corrected chi connectivity index (χ2v) is 7.00. The van der Waals surface area contributed by atoms with Crippen LogP contribution in [-0.4, -0.2) is 37.2 Å². The molecular weight excluding hydrogens is 342 g/mol. The minimum atomic E-state index is -0.639. The first kappa shape index (κ1) is 19.0. The van der Waals surface area contributed by atoms with Crippen LogP contribution in [0, 0.1) is 5.92 Å². The Labute approximate surface area is 160 Å². The number of carbonyl (C=O) groups excluding carboxylic acids is 1. The van der Waals surface area contributed by atoms with Crippen LogP contribution in [-0.2, 0) is 4.79 Å². The fourth-order valence-corrected chi connectivity index (χ4v) is 3.06. The van der Waals surface area contributed by atoms with Gasteiger partial charge in [-0.15, -0.1) is 0 Å². The third-order valence-electron chi connectivity index (χ3n) is 4.85. The van der Waals surface area contributed by atoms with Crippen LogP contribution < -0.4 is 19.7 Å². The van der Waals surface area contributed by atoms with E-state index in [1.54, 1.807) is 32.4 Å². The first-order chi connectivity index (χ1) is 13.0. The van der Waals surface area contributed by atoms with Gasteiger partial charge in [-0.1, -0.05) is 13.0 Å². The molecule has 1 unspecified atom stereocenters. The van der Waals surface area contributed by atoms with Gasteiger partial charge in [0.25, 0.3) is 5.91 Å². The fraction of sp³-hybridized carbons (Fsp3) is 0.429. The number of benzene rings is 1. The van der Waals surface area contributed by atoms with E-state index in [0.29, 0.717) is 17.2 Å². The van der Waals surface area contributed by atoms with Crippen molar-refractivity contribution in [3.63, 3.8) is 0 Å². The van der Waals surface area contributed by atoms with E-state index in [1.165, 1.54) is 12.8 Å². The van der Waals surface area contributed by atoms with E-state index >= 15 is 0 Å². The number of nitrogens with zero attached hydrogens (tertiary/aromatic N) is 2. The van der Waals surface area contributed by atoms with Crippen molar-refractivity contribution < 1.29 is 14.3 Å². The average Bonchev–Trinajstić information content (AvgIpc) is 2.69. The van der Waals surface area contributed by atoms with Crippen molar-refractivity contribution in [3.8, 4) is 11.5 Å². The third-order valence-corrected chi connectivity index (χ3v) is 4.85. The van der Waals surface area contributed by atoms with Crippen molar-refractivity contribution in [2.75, 3.05) is 30.4 Å². The summed E-state index contributed by atoms with van der Waals surface area (Å²) in [5.41, 5.74) is 0.662. The van der Waals surface area contributed by atoms with Crippen molar-refractivity contribution in [1.29, 1.82) is 0 Å². The summed E-state index contributed by atoms with van der Waals surface area (Å²) in [6.07, 6.45) is 3.45. The monoisotopic (exact) mass is 369 g/mol. The Morgan fingerprint density at radius 3 is 2.63 bits per heavy atom. The maximum atomic E-state index is 12.4. The maximum Gasteiger partial charge on any atom is 0.265 e. The SMILES string of the molecule is COc1cccc(OC(C)C(=O)Nc2ccc(N3CCC(C)CC3)nc2)c1. The third kappa shape index (κ3) is 5.12. The molecule has 1 aliphatic rings. The lowest BCUT2D eigenvalue weighted by molar-refractivity contribution is -0.122. The molecule has 0 spiro atoms. The highest BCUT2D eigenvalue weighted by molar-refractivity contribution is 5.94. The molecule has 0 radical (unpaired) electrons. The number of amides is 1. The van der Waals surface area contributed by atoms with Gasteiger partial charge in [0.05, 0.1) is 19.0 Å². The highest BCUT2D eigenvalue weighted by Crippen LogP contribution is 2.23. The molecule has 1 amide bonds. The molecule has 1 saturated heterocycles. The lowest BCUT2D eigenvalue weighted by atomic mass is 9.99. The van der Waals surface area contributed by atoms with E-state index in [2.05, 4.69) is 22.1 Å². The molecule has 27 heavy (non-hydrogen) atoms. The van der Waals surface area contributed by atoms with E-state index in [-0.39, 0.29) is 5.91 Å². The molecule has 1 atom stereocenters. The van der Waals surface area contributed by atoms with Gasteiger partial charge in [0.1, 0.15) is 17.3 Å². The largest absolute Gasteiger partial charge is 0.497 e. The van der Waals surface area contributed by atoms with E-state index in [0.717, 1.165) is 24.8 Å². The van der Waals surface area contributed by atoms with Crippen LogP contribution in [0.1, 0.15) is 26.7 Å². The summed E-state index contributed by atoms with van der Waals surface area (Å²) >= 11 is 0. The molecule has 0 saturated carbocycles. The number of carbonyl (C=O) groups is 1. The molecule has 2 heterocycles. The Hall–Kier alpha value is -2.76. The number of aromatic nitrogens is 1. The lowest BCUT2D eigenvalue weighted by Gasteiger charge is -2.31. The Kier molecular flexibility index (Phi) is 6.16. The van der Waals surface area contributed by atoms with Crippen LogP contribution in [0.15, 0.2) is 42.6 Å². The van der Waals surface area contributed by atoms with Gasteiger partial charge >= 0.3 is 0 Å². The molecule has 3 rings (SSSR count). The lowest BCUT2D eigenvalue weighted by Crippen LogP contribution is -2.33. The number of hydrogen-bond donors (Lipinski definition) is 1. The minimum Gasteiger partial charge on any atom is -0.497 e. The number of methoxy groups -OCH3 is 1. The zero-order chi connectivity index (χ0) is 19.2. The Bertz CT molecular complexity index is 756. The number of nitrogens with one attached hydrogen (secondary N) is 1. The van der Waals surface area contributed by atoms with Crippen LogP contribution in [0.3, 0.4) is 0 Å². The molecule has 1 aromatic heterocycles. The molecule has 6 nitrogen and oxygen atoms in total. The first-order valence-corrected chi connectivity index (χ1v) is 9.37. The van der Waals surface area contributed by atoms with Crippen molar-refractivity contribution in [1.82, 2.24) is 4.98 Å². The van der Waals surface area contributed by atoms with Crippen LogP contribution in [0.5, 0.6) is 11.5 Å². The first-order valence-electron chi connectivity index (χ1n) is 9.37. The van der Waals surface area contributed by atoms with Gasteiger partial charge in [-0.2, -0.15) is 0 Å². The Morgan fingerprint density at radius 2 is 1.96 bits per heavy atom. The zero-order valence-corrected chi connectivity index (χ0v) is 16.1. The second-order valence-electron chi connectivity index (χ2n) is 7.00. The molecular formula is C21H27N3O3. The topological polar surface area (TPSA) is 63.7 Å². The highest BCUT2D eigenvalue weighted by atomic mass is 16.5. The molecule has 1 aromatic carbocycles. The van der Waals surface area contributed by atoms with Gasteiger partial charge < -0.3 is 19.7 Å². The Balaban J connectivity index is 1.55. The van der Waals surface area contributed by atoms with Crippen molar-refractivity contribution in [3.05, 3.63) is 42.6 Å². The summed E-state index contributed by atoms with van der Waals surface area (Å²) in [5, 5.41) is 2.85. The molecule has 6 heteroatoms. The zero-order valence-electron chi connectivity index (χ0n) is 16.1. The fourth-order valence-electron chi connectivity index (χ4n) is 3.06. The van der Waals surface area contributed by atoms with Gasteiger partial charge in [-0.25, -0.2) is 4.98 Å². The smallest absolute Gasteiger partial charge is 0.265 e. The summed E-state index contributed by atoms with van der Waals surface area (Å²) in [6, 6.07) is 11.0. The molecule has 1 aliphatic heterocycles. The molecule has 0 aliphatic carbocycles. The molecule has 1 fully saturated rings. The second kappa shape index (κ2) is 8.75. The molecule has 144 valence electrons. The van der Waals surface area contributed by atoms with Crippen molar-refractivity contribution >= 4 is 17.4 Å². The van der Waals surface area contributed by atoms with Gasteiger partial charge in [0, 0.05) is 19.2 Å². The summed E-state index contributed by atoms with van der Waals surface area (Å²) in [5.74, 6) is 2.79. The van der Waals surface area contributed by atoms with Gasteiger partial charge in [-0.05, 0) is 49.9 Å². The minimum absolute atomic E-state index is 0.223. The number of pyridine rings is 1. The quantitative estimate of drug-likeness (QED) is 0.840. The number of piperidine rings is 1. The van der Waals surface area contributed by atoms with Gasteiger partial charge in [-0.3, -0.25) is 4.79 Å². The van der Waals surface area contributed by atoms with Crippen LogP contribution in [0.25, 0.3) is 0 Å². The van der Waals surface area contributed by atoms with Crippen molar-refractivity contribution in [2.45, 2.75) is 32.8 Å². The van der Waals surface area contributed by atoms with Crippen LogP contribution in [0.4, 0.5) is 11.5 Å². The normalized spacial score (nSPS) is 15.9. The van der Waals surface area contributed by atoms with Gasteiger partial charge in [0.15, 0.2) is 6.10 Å². The van der Waals surface area contributed by atoms with E-state index < -0.39 is 6.10 Å². The van der Waals surface area contributed by atoms with Crippen LogP contribution in [0.2, 0.25) is 0 Å². The molecule has 0 bridgehead atoms. The highest BCUT2D eigenvalue weighted by Gasteiger charge is 2.18. The summed E-state index contributed by atoms with van der Waals surface area (Å²) in [6.45, 7) is 6.07. The number of rotatable bonds is 6. The van der Waals surface area contributed by atoms with E-state index in [4.69, 9.17) is 9.47 Å². The molecule has 2 aromatic rings. The number of hydrogen-bond acceptors (Lipinski definition) is 5.